The van der Waals surface area contributed by atoms with Gasteiger partial charge in [-0.1, -0.05) is 11.6 Å². The minimum atomic E-state index is -4.00. The highest BCUT2D eigenvalue weighted by Gasteiger charge is 2.19. The maximum absolute atomic E-state index is 13.2. The molecule has 1 heterocycles. The summed E-state index contributed by atoms with van der Waals surface area (Å²) in [5, 5.41) is 8.75. The van der Waals surface area contributed by atoms with Crippen LogP contribution < -0.4 is 4.72 Å². The van der Waals surface area contributed by atoms with Crippen LogP contribution in [-0.2, 0) is 10.0 Å². The molecule has 0 saturated carbocycles. The predicted octanol–water partition coefficient (Wildman–Crippen LogP) is 2.86. The van der Waals surface area contributed by atoms with E-state index < -0.39 is 15.8 Å². The summed E-state index contributed by atoms with van der Waals surface area (Å²) in [4.78, 5) is 3.56. The molecule has 8 heteroatoms. The minimum absolute atomic E-state index is 0.00110. The van der Waals surface area contributed by atoms with Gasteiger partial charge in [0.15, 0.2) is 5.15 Å². The van der Waals surface area contributed by atoms with E-state index in [-0.39, 0.29) is 21.3 Å². The van der Waals surface area contributed by atoms with Gasteiger partial charge in [0, 0.05) is 6.20 Å². The quantitative estimate of drug-likeness (QED) is 0.880. The lowest BCUT2D eigenvalue weighted by molar-refractivity contribution is 0.599. The Bertz CT molecular complexity index is 827. The fourth-order valence-corrected chi connectivity index (χ4v) is 3.07. The number of anilines is 1. The summed E-state index contributed by atoms with van der Waals surface area (Å²) in [6.45, 7) is 1.66. The molecule has 108 valence electrons. The smallest absolute Gasteiger partial charge is 0.262 e. The number of sulfonamides is 1. The Hall–Kier alpha value is -2.17. The van der Waals surface area contributed by atoms with Gasteiger partial charge in [0.1, 0.15) is 11.9 Å². The topological polar surface area (TPSA) is 82.8 Å². The molecule has 1 aromatic carbocycles. The van der Waals surface area contributed by atoms with Crippen LogP contribution >= 0.6 is 11.6 Å². The number of nitriles is 1. The van der Waals surface area contributed by atoms with Gasteiger partial charge in [-0.2, -0.15) is 5.26 Å². The second-order valence-corrected chi connectivity index (χ2v) is 6.19. The second kappa shape index (κ2) is 5.68. The van der Waals surface area contributed by atoms with Gasteiger partial charge in [0.25, 0.3) is 10.0 Å². The van der Waals surface area contributed by atoms with E-state index in [0.717, 1.165) is 18.2 Å². The van der Waals surface area contributed by atoms with Gasteiger partial charge >= 0.3 is 0 Å². The van der Waals surface area contributed by atoms with Gasteiger partial charge < -0.3 is 0 Å². The summed E-state index contributed by atoms with van der Waals surface area (Å²) in [6, 6.07) is 6.13. The molecule has 0 aliphatic carbocycles. The molecule has 0 amide bonds. The number of nitrogens with zero attached hydrogens (tertiary/aromatic N) is 2. The Morgan fingerprint density at radius 3 is 2.71 bits per heavy atom. The first-order chi connectivity index (χ1) is 9.85. The van der Waals surface area contributed by atoms with Crippen molar-refractivity contribution in [1.82, 2.24) is 4.98 Å². The molecule has 1 N–H and O–H groups in total. The summed E-state index contributed by atoms with van der Waals surface area (Å²) in [6.07, 6.45) is 1.45. The van der Waals surface area contributed by atoms with Crippen molar-refractivity contribution in [2.75, 3.05) is 4.72 Å². The molecule has 0 aliphatic rings. The highest BCUT2D eigenvalue weighted by Crippen LogP contribution is 2.26. The van der Waals surface area contributed by atoms with Crippen molar-refractivity contribution in [2.45, 2.75) is 11.8 Å². The number of hydrogen-bond acceptors (Lipinski definition) is 4. The molecule has 1 aromatic heterocycles. The Balaban J connectivity index is 2.47. The van der Waals surface area contributed by atoms with Crippen LogP contribution in [0.15, 0.2) is 35.4 Å². The molecule has 0 aliphatic heterocycles. The molecule has 2 aromatic rings. The zero-order valence-corrected chi connectivity index (χ0v) is 12.3. The van der Waals surface area contributed by atoms with E-state index >= 15 is 0 Å². The molecular weight excluding hydrogens is 317 g/mol. The van der Waals surface area contributed by atoms with E-state index in [9.17, 15) is 12.8 Å². The van der Waals surface area contributed by atoms with Crippen LogP contribution in [0.1, 0.15) is 11.1 Å². The second-order valence-electron chi connectivity index (χ2n) is 4.15. The first-order valence-corrected chi connectivity index (χ1v) is 7.55. The Kier molecular flexibility index (Phi) is 4.11. The van der Waals surface area contributed by atoms with Crippen molar-refractivity contribution in [2.24, 2.45) is 0 Å². The summed E-state index contributed by atoms with van der Waals surface area (Å²) in [5.41, 5.74) is 0.370. The lowest BCUT2D eigenvalue weighted by atomic mass is 10.2. The first kappa shape index (κ1) is 15.2. The number of aromatic nitrogens is 1. The van der Waals surface area contributed by atoms with Gasteiger partial charge in [-0.3, -0.25) is 4.72 Å². The summed E-state index contributed by atoms with van der Waals surface area (Å²) in [5.74, 6) is -0.785. The van der Waals surface area contributed by atoms with Crippen LogP contribution in [0.2, 0.25) is 5.15 Å². The molecule has 0 unspecified atom stereocenters. The molecule has 0 bridgehead atoms. The first-order valence-electron chi connectivity index (χ1n) is 5.69. The Morgan fingerprint density at radius 1 is 1.38 bits per heavy atom. The third-order valence-electron chi connectivity index (χ3n) is 2.72. The van der Waals surface area contributed by atoms with Crippen LogP contribution in [0.5, 0.6) is 0 Å². The van der Waals surface area contributed by atoms with Crippen LogP contribution in [0, 0.1) is 24.1 Å². The van der Waals surface area contributed by atoms with Crippen molar-refractivity contribution in [3.05, 3.63) is 52.6 Å². The molecule has 0 fully saturated rings. The minimum Gasteiger partial charge on any atom is -0.276 e. The van der Waals surface area contributed by atoms with Gasteiger partial charge in [-0.25, -0.2) is 17.8 Å². The lowest BCUT2D eigenvalue weighted by Gasteiger charge is -2.11. The number of pyridine rings is 1. The molecule has 0 spiro atoms. The monoisotopic (exact) mass is 325 g/mol. The van der Waals surface area contributed by atoms with Crippen molar-refractivity contribution in [1.29, 1.82) is 5.26 Å². The average molecular weight is 326 g/mol. The molecule has 5 nitrogen and oxygen atoms in total. The molecule has 2 rings (SSSR count). The predicted molar refractivity (Wildman–Crippen MR) is 75.9 cm³/mol. The molecule has 0 atom stereocenters. The maximum atomic E-state index is 13.2. The van der Waals surface area contributed by atoms with E-state index in [1.54, 1.807) is 19.1 Å². The fraction of sp³-hybridized carbons (Fsp3) is 0.0769. The van der Waals surface area contributed by atoms with Crippen LogP contribution in [0.4, 0.5) is 10.1 Å². The number of aryl methyl sites for hydroxylation is 1. The van der Waals surface area contributed by atoms with Crippen molar-refractivity contribution in [3.63, 3.8) is 0 Å². The number of halogens is 2. The third-order valence-corrected chi connectivity index (χ3v) is 4.35. The average Bonchev–Trinajstić information content (AvgIpc) is 2.43. The zero-order valence-electron chi connectivity index (χ0n) is 10.8. The van der Waals surface area contributed by atoms with Crippen molar-refractivity contribution in [3.8, 4) is 6.07 Å². The fourth-order valence-electron chi connectivity index (χ4n) is 1.60. The largest absolute Gasteiger partial charge is 0.276 e. The highest BCUT2D eigenvalue weighted by molar-refractivity contribution is 7.92. The van der Waals surface area contributed by atoms with E-state index in [0.29, 0.717) is 5.56 Å². The van der Waals surface area contributed by atoms with Gasteiger partial charge in [-0.05, 0) is 36.8 Å². The van der Waals surface area contributed by atoms with Crippen molar-refractivity contribution >= 4 is 27.3 Å². The Labute approximate surface area is 126 Å². The molecule has 0 saturated heterocycles. The van der Waals surface area contributed by atoms with Gasteiger partial charge in [-0.15, -0.1) is 0 Å². The van der Waals surface area contributed by atoms with Crippen molar-refractivity contribution < 1.29 is 12.8 Å². The lowest BCUT2D eigenvalue weighted by Crippen LogP contribution is -2.15. The van der Waals surface area contributed by atoms with E-state index in [2.05, 4.69) is 9.71 Å². The normalized spacial score (nSPS) is 11.0. The number of rotatable bonds is 3. The number of hydrogen-bond donors (Lipinski definition) is 1. The summed E-state index contributed by atoms with van der Waals surface area (Å²) < 4.78 is 40.0. The summed E-state index contributed by atoms with van der Waals surface area (Å²) >= 11 is 5.86. The SMILES string of the molecule is Cc1ccnc(Cl)c1NS(=O)(=O)c1ccc(F)c(C#N)c1. The zero-order chi connectivity index (χ0) is 15.6. The molecule has 21 heavy (non-hydrogen) atoms. The van der Waals surface area contributed by atoms with Gasteiger partial charge in [0.05, 0.1) is 16.1 Å². The standard InChI is InChI=1S/C13H9ClFN3O2S/c1-8-4-5-17-13(14)12(8)18-21(19,20)10-2-3-11(15)9(6-10)7-16/h2-6,18H,1H3. The summed E-state index contributed by atoms with van der Waals surface area (Å²) in [7, 11) is -4.00. The van der Waals surface area contributed by atoms with E-state index in [1.807, 2.05) is 0 Å². The van der Waals surface area contributed by atoms with E-state index in [1.165, 1.54) is 6.20 Å². The highest BCUT2D eigenvalue weighted by atomic mass is 35.5. The Morgan fingerprint density at radius 2 is 2.10 bits per heavy atom. The van der Waals surface area contributed by atoms with Crippen LogP contribution in [0.3, 0.4) is 0 Å². The van der Waals surface area contributed by atoms with Gasteiger partial charge in [0.2, 0.25) is 0 Å². The molecule has 0 radical (unpaired) electrons. The molecular formula is C13H9ClFN3O2S. The number of nitrogens with one attached hydrogen (secondary N) is 1. The van der Waals surface area contributed by atoms with Crippen LogP contribution in [0.25, 0.3) is 0 Å². The third kappa shape index (κ3) is 3.12. The van der Waals surface area contributed by atoms with E-state index in [4.69, 9.17) is 16.9 Å². The van der Waals surface area contributed by atoms with Crippen LogP contribution in [-0.4, -0.2) is 13.4 Å². The number of benzene rings is 1. The maximum Gasteiger partial charge on any atom is 0.262 e.